The van der Waals surface area contributed by atoms with Crippen molar-refractivity contribution in [1.29, 1.82) is 0 Å². The van der Waals surface area contributed by atoms with Crippen LogP contribution in [0, 0.1) is 5.92 Å². The molecule has 0 amide bonds. The zero-order valence-electron chi connectivity index (χ0n) is 13.5. The van der Waals surface area contributed by atoms with Crippen LogP contribution in [0.2, 0.25) is 0 Å². The Morgan fingerprint density at radius 3 is 2.19 bits per heavy atom. The molecule has 2 unspecified atom stereocenters. The lowest BCUT2D eigenvalue weighted by atomic mass is 9.96. The van der Waals surface area contributed by atoms with Gasteiger partial charge in [-0.15, -0.1) is 0 Å². The Labute approximate surface area is 129 Å². The van der Waals surface area contributed by atoms with Crippen LogP contribution in [-0.2, 0) is 0 Å². The molecule has 0 aliphatic carbocycles. The van der Waals surface area contributed by atoms with Crippen LogP contribution in [0.1, 0.15) is 40.0 Å². The van der Waals surface area contributed by atoms with E-state index in [0.29, 0.717) is 6.04 Å². The molecule has 0 heterocycles. The summed E-state index contributed by atoms with van der Waals surface area (Å²) in [7, 11) is 0. The molecule has 1 N–H and O–H groups in total. The van der Waals surface area contributed by atoms with E-state index in [-0.39, 0.29) is 0 Å². The third-order valence-electron chi connectivity index (χ3n) is 4.25. The van der Waals surface area contributed by atoms with Gasteiger partial charge in [0.15, 0.2) is 0 Å². The van der Waals surface area contributed by atoms with Crippen molar-refractivity contribution in [2.24, 2.45) is 5.92 Å². The first kappa shape index (κ1) is 15.6. The van der Waals surface area contributed by atoms with Crippen molar-refractivity contribution in [3.63, 3.8) is 0 Å². The molecule has 0 radical (unpaired) electrons. The molecule has 0 aliphatic rings. The van der Waals surface area contributed by atoms with Gasteiger partial charge in [0.05, 0.1) is 0 Å². The molecule has 2 aromatic carbocycles. The summed E-state index contributed by atoms with van der Waals surface area (Å²) in [5.74, 6) is 0.770. The second kappa shape index (κ2) is 7.87. The van der Waals surface area contributed by atoms with Crippen molar-refractivity contribution in [2.75, 3.05) is 5.32 Å². The largest absolute Gasteiger partial charge is 0.382 e. The fourth-order valence-corrected chi connectivity index (χ4v) is 2.68. The zero-order valence-corrected chi connectivity index (χ0v) is 13.5. The maximum Gasteiger partial charge on any atom is 0.0422 e. The van der Waals surface area contributed by atoms with Gasteiger partial charge < -0.3 is 5.32 Å². The number of anilines is 1. The number of nitrogens with one attached hydrogen (secondary N) is 1. The molecular formula is C20H27N. The van der Waals surface area contributed by atoms with Gasteiger partial charge in [-0.3, -0.25) is 0 Å². The summed E-state index contributed by atoms with van der Waals surface area (Å²) in [5.41, 5.74) is 3.82. The molecule has 21 heavy (non-hydrogen) atoms. The van der Waals surface area contributed by atoms with Crippen molar-refractivity contribution in [2.45, 2.75) is 46.1 Å². The van der Waals surface area contributed by atoms with Gasteiger partial charge in [-0.1, -0.05) is 75.7 Å². The molecule has 0 fully saturated rings. The molecule has 0 aliphatic heterocycles. The van der Waals surface area contributed by atoms with Crippen LogP contribution in [-0.4, -0.2) is 6.04 Å². The third-order valence-corrected chi connectivity index (χ3v) is 4.25. The first-order chi connectivity index (χ1) is 10.2. The Kier molecular flexibility index (Phi) is 5.86. The molecule has 0 saturated heterocycles. The van der Waals surface area contributed by atoms with E-state index in [4.69, 9.17) is 0 Å². The average Bonchev–Trinajstić information content (AvgIpc) is 2.55. The van der Waals surface area contributed by atoms with Crippen molar-refractivity contribution >= 4 is 5.69 Å². The van der Waals surface area contributed by atoms with E-state index >= 15 is 0 Å². The Hall–Kier alpha value is -1.76. The van der Waals surface area contributed by atoms with Gasteiger partial charge in [0.1, 0.15) is 0 Å². The smallest absolute Gasteiger partial charge is 0.0422 e. The van der Waals surface area contributed by atoms with Gasteiger partial charge in [-0.2, -0.15) is 0 Å². The van der Waals surface area contributed by atoms with Crippen LogP contribution >= 0.6 is 0 Å². The van der Waals surface area contributed by atoms with Crippen molar-refractivity contribution in [1.82, 2.24) is 0 Å². The van der Waals surface area contributed by atoms with Crippen molar-refractivity contribution < 1.29 is 0 Å². The lowest BCUT2D eigenvalue weighted by Crippen LogP contribution is -2.21. The highest BCUT2D eigenvalue weighted by Crippen LogP contribution is 2.29. The SMILES string of the molecule is CCC(C)CC(CC)Nc1ccccc1-c1ccccc1. The van der Waals surface area contributed by atoms with E-state index in [1.165, 1.54) is 29.7 Å². The molecule has 2 rings (SSSR count). The Bertz CT molecular complexity index is 533. The molecular weight excluding hydrogens is 254 g/mol. The van der Waals surface area contributed by atoms with E-state index in [1.807, 2.05) is 0 Å². The minimum atomic E-state index is 0.546. The van der Waals surface area contributed by atoms with Gasteiger partial charge in [0.25, 0.3) is 0 Å². The minimum Gasteiger partial charge on any atom is -0.382 e. The number of rotatable bonds is 7. The fourth-order valence-electron chi connectivity index (χ4n) is 2.68. The molecule has 1 heteroatoms. The predicted octanol–water partition coefficient (Wildman–Crippen LogP) is 5.98. The van der Waals surface area contributed by atoms with E-state index in [0.717, 1.165) is 12.3 Å². The first-order valence-corrected chi connectivity index (χ1v) is 8.15. The predicted molar refractivity (Wildman–Crippen MR) is 93.7 cm³/mol. The molecule has 0 spiro atoms. The number of hydrogen-bond donors (Lipinski definition) is 1. The maximum atomic E-state index is 3.76. The second-order valence-corrected chi connectivity index (χ2v) is 5.91. The summed E-state index contributed by atoms with van der Waals surface area (Å²) >= 11 is 0. The average molecular weight is 281 g/mol. The van der Waals surface area contributed by atoms with Crippen LogP contribution in [0.25, 0.3) is 11.1 Å². The minimum absolute atomic E-state index is 0.546. The summed E-state index contributed by atoms with van der Waals surface area (Å²) in [6.07, 6.45) is 3.64. The lowest BCUT2D eigenvalue weighted by molar-refractivity contribution is 0.462. The highest BCUT2D eigenvalue weighted by atomic mass is 14.9. The first-order valence-electron chi connectivity index (χ1n) is 8.15. The van der Waals surface area contributed by atoms with Crippen LogP contribution in [0.3, 0.4) is 0 Å². The topological polar surface area (TPSA) is 12.0 Å². The standard InChI is InChI=1S/C20H27N/c1-4-16(3)15-18(5-2)21-20-14-10-9-13-19(20)17-11-7-6-8-12-17/h6-14,16,18,21H,4-5,15H2,1-3H3. The summed E-state index contributed by atoms with van der Waals surface area (Å²) in [4.78, 5) is 0. The maximum absolute atomic E-state index is 3.76. The lowest BCUT2D eigenvalue weighted by Gasteiger charge is -2.23. The Morgan fingerprint density at radius 1 is 0.857 bits per heavy atom. The molecule has 0 saturated carbocycles. The van der Waals surface area contributed by atoms with Crippen LogP contribution in [0.4, 0.5) is 5.69 Å². The van der Waals surface area contributed by atoms with Crippen LogP contribution in [0.15, 0.2) is 54.6 Å². The van der Waals surface area contributed by atoms with Crippen LogP contribution in [0.5, 0.6) is 0 Å². The highest BCUT2D eigenvalue weighted by molar-refractivity contribution is 5.77. The summed E-state index contributed by atoms with van der Waals surface area (Å²) in [6, 6.07) is 19.8. The molecule has 1 nitrogen and oxygen atoms in total. The molecule has 2 atom stereocenters. The number of benzene rings is 2. The Morgan fingerprint density at radius 2 is 1.52 bits per heavy atom. The van der Waals surface area contributed by atoms with Gasteiger partial charge in [0, 0.05) is 17.3 Å². The molecule has 112 valence electrons. The van der Waals surface area contributed by atoms with Crippen molar-refractivity contribution in [3.8, 4) is 11.1 Å². The molecule has 2 aromatic rings. The van der Waals surface area contributed by atoms with Gasteiger partial charge in [-0.25, -0.2) is 0 Å². The van der Waals surface area contributed by atoms with E-state index in [9.17, 15) is 0 Å². The molecule has 0 bridgehead atoms. The van der Waals surface area contributed by atoms with Crippen molar-refractivity contribution in [3.05, 3.63) is 54.6 Å². The highest BCUT2D eigenvalue weighted by Gasteiger charge is 2.12. The molecule has 0 aromatic heterocycles. The van der Waals surface area contributed by atoms with Crippen LogP contribution < -0.4 is 5.32 Å². The monoisotopic (exact) mass is 281 g/mol. The second-order valence-electron chi connectivity index (χ2n) is 5.91. The van der Waals surface area contributed by atoms with Gasteiger partial charge in [0.2, 0.25) is 0 Å². The fraction of sp³-hybridized carbons (Fsp3) is 0.400. The summed E-state index contributed by atoms with van der Waals surface area (Å²) in [5, 5.41) is 3.76. The van der Waals surface area contributed by atoms with Gasteiger partial charge >= 0.3 is 0 Å². The van der Waals surface area contributed by atoms with Gasteiger partial charge in [-0.05, 0) is 30.4 Å². The van der Waals surface area contributed by atoms with E-state index in [1.54, 1.807) is 0 Å². The zero-order chi connectivity index (χ0) is 15.1. The quantitative estimate of drug-likeness (QED) is 0.658. The van der Waals surface area contributed by atoms with E-state index in [2.05, 4.69) is 80.7 Å². The Balaban J connectivity index is 2.20. The normalized spacial score (nSPS) is 13.7. The number of hydrogen-bond acceptors (Lipinski definition) is 1. The number of para-hydroxylation sites is 1. The summed E-state index contributed by atoms with van der Waals surface area (Å²) in [6.45, 7) is 6.88. The third kappa shape index (κ3) is 4.35. The summed E-state index contributed by atoms with van der Waals surface area (Å²) < 4.78 is 0. The van der Waals surface area contributed by atoms with E-state index < -0.39 is 0 Å².